The van der Waals surface area contributed by atoms with Gasteiger partial charge in [-0.05, 0) is 79.3 Å². The Balaban J connectivity index is 1.13. The summed E-state index contributed by atoms with van der Waals surface area (Å²) in [6.45, 7) is 0. The molecule has 0 saturated heterocycles. The molecule has 2 heterocycles. The first-order valence-electron chi connectivity index (χ1n) is 16.6. The highest BCUT2D eigenvalue weighted by molar-refractivity contribution is 6.22. The maximum atomic E-state index is 6.21. The third-order valence-corrected chi connectivity index (χ3v) is 9.69. The zero-order valence-corrected chi connectivity index (χ0v) is 26.5. The van der Waals surface area contributed by atoms with Crippen molar-refractivity contribution in [2.24, 2.45) is 9.98 Å². The quantitative estimate of drug-likeness (QED) is 0.197. The summed E-state index contributed by atoms with van der Waals surface area (Å²) in [5.74, 6) is 1.52. The predicted molar refractivity (Wildman–Crippen MR) is 204 cm³/mol. The Morgan fingerprint density at radius 2 is 1.16 bits per heavy atom. The lowest BCUT2D eigenvalue weighted by Gasteiger charge is -2.24. The zero-order chi connectivity index (χ0) is 32.3. The maximum absolute atomic E-state index is 6.21. The van der Waals surface area contributed by atoms with Gasteiger partial charge in [0, 0.05) is 21.9 Å². The van der Waals surface area contributed by atoms with Crippen LogP contribution in [0.25, 0.3) is 65.4 Å². The molecule has 1 atom stereocenters. The highest BCUT2D eigenvalue weighted by Gasteiger charge is 2.23. The summed E-state index contributed by atoms with van der Waals surface area (Å²) in [6, 6.07) is 57.5. The van der Waals surface area contributed by atoms with Gasteiger partial charge in [0.25, 0.3) is 0 Å². The average Bonchev–Trinajstić information content (AvgIpc) is 3.56. The van der Waals surface area contributed by atoms with Crippen molar-refractivity contribution in [3.05, 3.63) is 180 Å². The molecule has 1 N–H and O–H groups in total. The first kappa shape index (κ1) is 27.6. The summed E-state index contributed by atoms with van der Waals surface area (Å²) >= 11 is 0. The van der Waals surface area contributed by atoms with Crippen LogP contribution in [0.2, 0.25) is 0 Å². The minimum absolute atomic E-state index is 0.289. The molecule has 0 aliphatic carbocycles. The average molecular weight is 628 g/mol. The second kappa shape index (κ2) is 11.0. The molecule has 10 rings (SSSR count). The number of amidine groups is 2. The molecule has 1 aliphatic heterocycles. The largest absolute Gasteiger partial charge is 0.456 e. The summed E-state index contributed by atoms with van der Waals surface area (Å²) in [6.07, 6.45) is -0.289. The van der Waals surface area contributed by atoms with Crippen molar-refractivity contribution in [3.8, 4) is 11.1 Å². The van der Waals surface area contributed by atoms with Gasteiger partial charge in [-0.25, -0.2) is 9.98 Å². The normalized spacial score (nSPS) is 14.7. The van der Waals surface area contributed by atoms with Crippen molar-refractivity contribution < 1.29 is 4.42 Å². The van der Waals surface area contributed by atoms with Crippen LogP contribution in [0.4, 0.5) is 0 Å². The smallest absolute Gasteiger partial charge is 0.160 e. The Bertz CT molecular complexity index is 2810. The fourth-order valence-corrected chi connectivity index (χ4v) is 7.34. The van der Waals surface area contributed by atoms with Gasteiger partial charge in [0.2, 0.25) is 0 Å². The number of furan rings is 1. The lowest BCUT2D eigenvalue weighted by atomic mass is 9.95. The molecule has 1 aliphatic rings. The Morgan fingerprint density at radius 3 is 2.04 bits per heavy atom. The van der Waals surface area contributed by atoms with Crippen LogP contribution in [0.3, 0.4) is 0 Å². The van der Waals surface area contributed by atoms with Crippen LogP contribution in [-0.4, -0.2) is 11.7 Å². The molecule has 0 saturated carbocycles. The lowest BCUT2D eigenvalue weighted by Crippen LogP contribution is -2.33. The minimum atomic E-state index is -0.289. The number of aliphatic imine (C=N–C) groups is 2. The van der Waals surface area contributed by atoms with Crippen molar-refractivity contribution >= 4 is 65.9 Å². The Hall–Kier alpha value is -6.52. The van der Waals surface area contributed by atoms with Crippen molar-refractivity contribution in [2.75, 3.05) is 0 Å². The van der Waals surface area contributed by atoms with Crippen LogP contribution in [-0.2, 0) is 0 Å². The van der Waals surface area contributed by atoms with E-state index in [1.807, 2.05) is 24.3 Å². The van der Waals surface area contributed by atoms with Gasteiger partial charge < -0.3 is 9.73 Å². The summed E-state index contributed by atoms with van der Waals surface area (Å²) in [7, 11) is 0. The number of nitrogens with zero attached hydrogens (tertiary/aromatic N) is 2. The van der Waals surface area contributed by atoms with Crippen molar-refractivity contribution in [2.45, 2.75) is 6.17 Å². The fraction of sp³-hybridized carbons (Fsp3) is 0.0222. The fourth-order valence-electron chi connectivity index (χ4n) is 7.34. The minimum Gasteiger partial charge on any atom is -0.456 e. The Morgan fingerprint density at radius 1 is 0.469 bits per heavy atom. The van der Waals surface area contributed by atoms with Gasteiger partial charge in [0.1, 0.15) is 23.2 Å². The summed E-state index contributed by atoms with van der Waals surface area (Å²) < 4.78 is 6.21. The van der Waals surface area contributed by atoms with Gasteiger partial charge in [-0.2, -0.15) is 0 Å². The van der Waals surface area contributed by atoms with E-state index in [1.165, 1.54) is 21.5 Å². The Kier molecular flexibility index (Phi) is 6.21. The van der Waals surface area contributed by atoms with Gasteiger partial charge in [-0.1, -0.05) is 133 Å². The lowest BCUT2D eigenvalue weighted by molar-refractivity contribution is 0.669. The second-order valence-electron chi connectivity index (χ2n) is 12.6. The molecule has 0 bridgehead atoms. The number of rotatable bonds is 4. The van der Waals surface area contributed by atoms with E-state index in [2.05, 4.69) is 145 Å². The van der Waals surface area contributed by atoms with Crippen LogP contribution in [0.1, 0.15) is 22.9 Å². The van der Waals surface area contributed by atoms with E-state index >= 15 is 0 Å². The van der Waals surface area contributed by atoms with Gasteiger partial charge in [-0.3, -0.25) is 0 Å². The van der Waals surface area contributed by atoms with Crippen molar-refractivity contribution in [3.63, 3.8) is 0 Å². The third kappa shape index (κ3) is 4.61. The molecule has 8 aromatic carbocycles. The first-order chi connectivity index (χ1) is 24.3. The van der Waals surface area contributed by atoms with E-state index in [0.717, 1.165) is 72.2 Å². The summed E-state index contributed by atoms with van der Waals surface area (Å²) in [5.41, 5.74) is 7.22. The van der Waals surface area contributed by atoms with Crippen molar-refractivity contribution in [1.29, 1.82) is 0 Å². The van der Waals surface area contributed by atoms with Crippen LogP contribution >= 0.6 is 0 Å². The van der Waals surface area contributed by atoms with Gasteiger partial charge in [-0.15, -0.1) is 0 Å². The molecule has 9 aromatic rings. The van der Waals surface area contributed by atoms with E-state index in [1.54, 1.807) is 0 Å². The second-order valence-corrected chi connectivity index (χ2v) is 12.6. The van der Waals surface area contributed by atoms with Crippen LogP contribution in [0.15, 0.2) is 178 Å². The summed E-state index contributed by atoms with van der Waals surface area (Å²) in [4.78, 5) is 10.5. The zero-order valence-electron chi connectivity index (χ0n) is 26.5. The number of hydrogen-bond acceptors (Lipinski definition) is 4. The maximum Gasteiger partial charge on any atom is 0.160 e. The predicted octanol–water partition coefficient (Wildman–Crippen LogP) is 11.2. The van der Waals surface area contributed by atoms with E-state index in [4.69, 9.17) is 14.4 Å². The first-order valence-corrected chi connectivity index (χ1v) is 16.6. The number of para-hydroxylation sites is 1. The Labute approximate surface area is 282 Å². The molecule has 4 nitrogen and oxygen atoms in total. The highest BCUT2D eigenvalue weighted by atomic mass is 16.3. The van der Waals surface area contributed by atoms with Crippen LogP contribution in [0, 0.1) is 0 Å². The van der Waals surface area contributed by atoms with E-state index < -0.39 is 0 Å². The molecule has 0 spiro atoms. The molecule has 0 amide bonds. The SMILES string of the molecule is c1ccc(C2N=C(c3cc4ccccc4c4ccccc34)N=C(c3ccc4ccc(-c5cccc6oc7ccccc7c56)cc4c3)N2)cc1. The molecule has 1 aromatic heterocycles. The van der Waals surface area contributed by atoms with Crippen LogP contribution in [0.5, 0.6) is 0 Å². The topological polar surface area (TPSA) is 49.9 Å². The summed E-state index contributed by atoms with van der Waals surface area (Å²) in [5, 5.41) is 13.0. The monoisotopic (exact) mass is 627 g/mol. The van der Waals surface area contributed by atoms with E-state index in [9.17, 15) is 0 Å². The van der Waals surface area contributed by atoms with Crippen LogP contribution < -0.4 is 5.32 Å². The number of hydrogen-bond donors (Lipinski definition) is 1. The van der Waals surface area contributed by atoms with Crippen molar-refractivity contribution in [1.82, 2.24) is 5.32 Å². The molecule has 49 heavy (non-hydrogen) atoms. The molecule has 4 heteroatoms. The number of fused-ring (bicyclic) bond motifs is 7. The molecule has 0 radical (unpaired) electrons. The molecular weight excluding hydrogens is 599 g/mol. The standard InChI is InChI=1S/C45H29N3O/c1-2-11-29(12-3-1)43-46-44(48-45(47-43)39-27-30-13-4-5-14-34(30)36-15-6-7-16-37(36)39)32-24-22-28-21-23-31(25-33(28)26-32)35-18-10-20-41-42(35)38-17-8-9-19-40(38)49-41/h1-27,43H,(H,46,47,48). The van der Waals surface area contributed by atoms with Gasteiger partial charge in [0.15, 0.2) is 5.84 Å². The molecule has 1 unspecified atom stereocenters. The van der Waals surface area contributed by atoms with E-state index in [-0.39, 0.29) is 6.17 Å². The molecule has 230 valence electrons. The van der Waals surface area contributed by atoms with Gasteiger partial charge >= 0.3 is 0 Å². The van der Waals surface area contributed by atoms with E-state index in [0.29, 0.717) is 0 Å². The highest BCUT2D eigenvalue weighted by Crippen LogP contribution is 2.38. The number of benzene rings is 8. The van der Waals surface area contributed by atoms with Gasteiger partial charge in [0.05, 0.1) is 0 Å². The number of nitrogens with one attached hydrogen (secondary N) is 1. The third-order valence-electron chi connectivity index (χ3n) is 9.69. The molecule has 0 fully saturated rings. The molecular formula is C45H29N3O.